The molecule has 0 amide bonds. The topological polar surface area (TPSA) is 80.1 Å². The molecule has 1 aromatic heterocycles. The second-order valence-electron chi connectivity index (χ2n) is 3.93. The summed E-state index contributed by atoms with van der Waals surface area (Å²) in [6, 6.07) is 3.10. The number of pyridine rings is 1. The third-order valence-corrected chi connectivity index (χ3v) is 3.07. The van der Waals surface area contributed by atoms with Crippen molar-refractivity contribution in [2.24, 2.45) is 0 Å². The Bertz CT molecular complexity index is 414. The van der Waals surface area contributed by atoms with Crippen molar-refractivity contribution in [3.8, 4) is 0 Å². The second kappa shape index (κ2) is 7.05. The summed E-state index contributed by atoms with van der Waals surface area (Å²) in [7, 11) is 1.69. The molecule has 1 rings (SSSR count). The van der Waals surface area contributed by atoms with Crippen molar-refractivity contribution in [3.05, 3.63) is 22.2 Å². The Hall–Kier alpha value is -1.50. The van der Waals surface area contributed by atoms with Crippen molar-refractivity contribution in [1.82, 2.24) is 4.98 Å². The van der Waals surface area contributed by atoms with Gasteiger partial charge in [0.15, 0.2) is 0 Å². The van der Waals surface area contributed by atoms with Crippen molar-refractivity contribution < 1.29 is 4.92 Å². The molecule has 1 heterocycles. The molecule has 1 unspecified atom stereocenters. The molecule has 0 saturated heterocycles. The summed E-state index contributed by atoms with van der Waals surface area (Å²) in [5.74, 6) is 2.06. The van der Waals surface area contributed by atoms with Gasteiger partial charge in [0, 0.05) is 13.1 Å². The molecule has 0 radical (unpaired) electrons. The first-order valence-electron chi connectivity index (χ1n) is 5.66. The van der Waals surface area contributed by atoms with Crippen LogP contribution in [-0.4, -0.2) is 35.0 Å². The van der Waals surface area contributed by atoms with Gasteiger partial charge in [0.1, 0.15) is 11.6 Å². The maximum absolute atomic E-state index is 10.8. The molecule has 1 aromatic rings. The van der Waals surface area contributed by atoms with Crippen LogP contribution in [0.25, 0.3) is 0 Å². The number of thioether (sulfide) groups is 1. The fraction of sp³-hybridized carbons (Fsp3) is 0.545. The van der Waals surface area contributed by atoms with Gasteiger partial charge >= 0.3 is 0 Å². The SMILES string of the molecule is CNc1cc([N+](=O)[O-])cc(NC(C)CCSC)n1. The van der Waals surface area contributed by atoms with Crippen LogP contribution in [0.4, 0.5) is 17.3 Å². The van der Waals surface area contributed by atoms with E-state index in [4.69, 9.17) is 0 Å². The van der Waals surface area contributed by atoms with Gasteiger partial charge in [0.25, 0.3) is 5.69 Å². The fourth-order valence-corrected chi connectivity index (χ4v) is 2.03. The predicted octanol–water partition coefficient (Wildman–Crippen LogP) is 2.59. The van der Waals surface area contributed by atoms with Gasteiger partial charge in [-0.15, -0.1) is 0 Å². The molecule has 6 nitrogen and oxygen atoms in total. The van der Waals surface area contributed by atoms with Crippen LogP contribution in [0.3, 0.4) is 0 Å². The summed E-state index contributed by atoms with van der Waals surface area (Å²) in [5.41, 5.74) is 0.0360. The number of hydrogen-bond donors (Lipinski definition) is 2. The van der Waals surface area contributed by atoms with E-state index in [0.29, 0.717) is 11.6 Å². The number of anilines is 2. The highest BCUT2D eigenvalue weighted by Gasteiger charge is 2.12. The number of nitrogens with zero attached hydrogens (tertiary/aromatic N) is 2. The lowest BCUT2D eigenvalue weighted by atomic mass is 10.2. The van der Waals surface area contributed by atoms with Crippen LogP contribution in [0.5, 0.6) is 0 Å². The highest BCUT2D eigenvalue weighted by atomic mass is 32.2. The number of hydrogen-bond acceptors (Lipinski definition) is 6. The molecular formula is C11H18N4O2S. The zero-order chi connectivity index (χ0) is 13.5. The monoisotopic (exact) mass is 270 g/mol. The Morgan fingerprint density at radius 1 is 1.50 bits per heavy atom. The molecule has 100 valence electrons. The molecule has 0 fully saturated rings. The van der Waals surface area contributed by atoms with Gasteiger partial charge in [-0.25, -0.2) is 4.98 Å². The van der Waals surface area contributed by atoms with Crippen LogP contribution >= 0.6 is 11.8 Å². The van der Waals surface area contributed by atoms with E-state index in [2.05, 4.69) is 21.9 Å². The van der Waals surface area contributed by atoms with Crippen LogP contribution < -0.4 is 10.6 Å². The van der Waals surface area contributed by atoms with Crippen molar-refractivity contribution in [1.29, 1.82) is 0 Å². The van der Waals surface area contributed by atoms with Crippen LogP contribution in [0, 0.1) is 10.1 Å². The van der Waals surface area contributed by atoms with Gasteiger partial charge in [-0.2, -0.15) is 11.8 Å². The predicted molar refractivity (Wildman–Crippen MR) is 76.5 cm³/mol. The molecule has 0 spiro atoms. The minimum atomic E-state index is -0.416. The molecule has 0 aromatic carbocycles. The van der Waals surface area contributed by atoms with Gasteiger partial charge in [-0.05, 0) is 25.4 Å². The molecule has 18 heavy (non-hydrogen) atoms. The first-order valence-corrected chi connectivity index (χ1v) is 7.06. The highest BCUT2D eigenvalue weighted by Crippen LogP contribution is 2.21. The zero-order valence-corrected chi connectivity index (χ0v) is 11.6. The molecule has 2 N–H and O–H groups in total. The quantitative estimate of drug-likeness (QED) is 0.585. The molecule has 0 aliphatic carbocycles. The lowest BCUT2D eigenvalue weighted by Crippen LogP contribution is -2.17. The molecule has 0 aliphatic rings. The summed E-state index contributed by atoms with van der Waals surface area (Å²) in [5, 5.41) is 16.8. The van der Waals surface area contributed by atoms with Gasteiger partial charge in [-0.3, -0.25) is 10.1 Å². The average Bonchev–Trinajstić information content (AvgIpc) is 2.35. The fourth-order valence-electron chi connectivity index (χ4n) is 1.44. The molecule has 0 saturated carbocycles. The lowest BCUT2D eigenvalue weighted by Gasteiger charge is -2.14. The zero-order valence-electron chi connectivity index (χ0n) is 10.8. The minimum Gasteiger partial charge on any atom is -0.373 e. The van der Waals surface area contributed by atoms with E-state index in [9.17, 15) is 10.1 Å². The average molecular weight is 270 g/mol. The molecule has 1 atom stereocenters. The third kappa shape index (κ3) is 4.40. The second-order valence-corrected chi connectivity index (χ2v) is 4.92. The number of aromatic nitrogens is 1. The van der Waals surface area contributed by atoms with Crippen molar-refractivity contribution in [2.45, 2.75) is 19.4 Å². The summed E-state index contributed by atoms with van der Waals surface area (Å²) in [6.07, 6.45) is 3.04. The first kappa shape index (κ1) is 14.6. The summed E-state index contributed by atoms with van der Waals surface area (Å²) in [6.45, 7) is 2.04. The van der Waals surface area contributed by atoms with Crippen LogP contribution in [0.2, 0.25) is 0 Å². The van der Waals surface area contributed by atoms with Crippen LogP contribution in [0.1, 0.15) is 13.3 Å². The number of nitro groups is 1. The number of rotatable bonds is 7. The molecule has 0 bridgehead atoms. The lowest BCUT2D eigenvalue weighted by molar-refractivity contribution is -0.384. The smallest absolute Gasteiger partial charge is 0.276 e. The van der Waals surface area contributed by atoms with Gasteiger partial charge in [0.2, 0.25) is 0 Å². The van der Waals surface area contributed by atoms with E-state index in [1.807, 2.05) is 6.92 Å². The van der Waals surface area contributed by atoms with E-state index >= 15 is 0 Å². The van der Waals surface area contributed by atoms with Gasteiger partial charge in [0.05, 0.1) is 17.1 Å². The van der Waals surface area contributed by atoms with Crippen molar-refractivity contribution >= 4 is 29.1 Å². The Balaban J connectivity index is 2.81. The van der Waals surface area contributed by atoms with E-state index < -0.39 is 4.92 Å². The number of nitrogens with one attached hydrogen (secondary N) is 2. The summed E-state index contributed by atoms with van der Waals surface area (Å²) in [4.78, 5) is 14.6. The molecule has 0 aliphatic heterocycles. The van der Waals surface area contributed by atoms with E-state index in [1.165, 1.54) is 12.1 Å². The van der Waals surface area contributed by atoms with Crippen LogP contribution in [-0.2, 0) is 0 Å². The molecule has 7 heteroatoms. The Labute approximate surface area is 111 Å². The standard InChI is InChI=1S/C11H18N4O2S/c1-8(4-5-18-3)13-11-7-9(15(16)17)6-10(12-2)14-11/h6-8H,4-5H2,1-3H3,(H2,12,13,14). The Morgan fingerprint density at radius 3 is 2.72 bits per heavy atom. The summed E-state index contributed by atoms with van der Waals surface area (Å²) < 4.78 is 0. The Kier molecular flexibility index (Phi) is 5.70. The third-order valence-electron chi connectivity index (χ3n) is 2.43. The van der Waals surface area contributed by atoms with E-state index in [-0.39, 0.29) is 11.7 Å². The normalized spacial score (nSPS) is 11.9. The largest absolute Gasteiger partial charge is 0.373 e. The maximum Gasteiger partial charge on any atom is 0.276 e. The first-order chi connectivity index (χ1) is 8.56. The summed E-state index contributed by atoms with van der Waals surface area (Å²) >= 11 is 1.78. The minimum absolute atomic E-state index is 0.0360. The van der Waals surface area contributed by atoms with Crippen molar-refractivity contribution in [3.63, 3.8) is 0 Å². The highest BCUT2D eigenvalue weighted by molar-refractivity contribution is 7.98. The van der Waals surface area contributed by atoms with Gasteiger partial charge < -0.3 is 10.6 Å². The van der Waals surface area contributed by atoms with Gasteiger partial charge in [-0.1, -0.05) is 0 Å². The van der Waals surface area contributed by atoms with Crippen LogP contribution in [0.15, 0.2) is 12.1 Å². The maximum atomic E-state index is 10.8. The molecular weight excluding hydrogens is 252 g/mol. The Morgan fingerprint density at radius 2 is 2.17 bits per heavy atom. The van der Waals surface area contributed by atoms with Crippen molar-refractivity contribution in [2.75, 3.05) is 29.7 Å². The van der Waals surface area contributed by atoms with E-state index in [0.717, 1.165) is 12.2 Å². The van der Waals surface area contributed by atoms with E-state index in [1.54, 1.807) is 18.8 Å².